The molecule has 90 valence electrons. The highest BCUT2D eigenvalue weighted by atomic mass is 32.1. The number of hydrogen-bond donors (Lipinski definition) is 0. The molecule has 0 bridgehead atoms. The van der Waals surface area contributed by atoms with Crippen LogP contribution in [0.15, 0.2) is 29.8 Å². The van der Waals surface area contributed by atoms with Crippen LogP contribution in [0.4, 0.5) is 0 Å². The molecule has 0 aliphatic heterocycles. The standard InChI is InChI=1S/C15H14N2S/c1-15(2,3)17-9-11-6-10-4-5-18-14(10)7-12(11)13(17)8-16/h4-7,9H,1-3H3. The molecule has 0 saturated carbocycles. The average Bonchev–Trinajstić information content (AvgIpc) is 2.87. The van der Waals surface area contributed by atoms with E-state index in [2.05, 4.69) is 61.2 Å². The first-order valence-electron chi connectivity index (χ1n) is 5.93. The van der Waals surface area contributed by atoms with Crippen molar-refractivity contribution in [2.45, 2.75) is 26.3 Å². The van der Waals surface area contributed by atoms with Crippen LogP contribution < -0.4 is 0 Å². The van der Waals surface area contributed by atoms with Gasteiger partial charge >= 0.3 is 0 Å². The van der Waals surface area contributed by atoms with Crippen molar-refractivity contribution in [2.75, 3.05) is 0 Å². The van der Waals surface area contributed by atoms with Crippen LogP contribution in [-0.4, -0.2) is 4.57 Å². The highest BCUT2D eigenvalue weighted by Gasteiger charge is 2.19. The lowest BCUT2D eigenvalue weighted by molar-refractivity contribution is 0.396. The Hall–Kier alpha value is -1.79. The van der Waals surface area contributed by atoms with Crippen molar-refractivity contribution < 1.29 is 0 Å². The average molecular weight is 254 g/mol. The van der Waals surface area contributed by atoms with Crippen LogP contribution in [-0.2, 0) is 5.54 Å². The lowest BCUT2D eigenvalue weighted by Gasteiger charge is -2.22. The maximum atomic E-state index is 9.42. The van der Waals surface area contributed by atoms with Crippen molar-refractivity contribution in [1.82, 2.24) is 4.57 Å². The predicted octanol–water partition coefficient (Wildman–Crippen LogP) is 4.48. The van der Waals surface area contributed by atoms with Crippen molar-refractivity contribution in [3.8, 4) is 6.07 Å². The fourth-order valence-electron chi connectivity index (χ4n) is 2.32. The molecule has 0 unspecified atom stereocenters. The number of rotatable bonds is 0. The van der Waals surface area contributed by atoms with Gasteiger partial charge in [0, 0.05) is 27.2 Å². The minimum absolute atomic E-state index is 0.0719. The minimum atomic E-state index is -0.0719. The maximum absolute atomic E-state index is 9.42. The Morgan fingerprint density at radius 1 is 1.22 bits per heavy atom. The van der Waals surface area contributed by atoms with Crippen LogP contribution >= 0.6 is 11.3 Å². The Labute approximate surface area is 110 Å². The molecule has 2 aromatic heterocycles. The van der Waals surface area contributed by atoms with E-state index in [0.29, 0.717) is 0 Å². The predicted molar refractivity (Wildman–Crippen MR) is 77.0 cm³/mol. The highest BCUT2D eigenvalue weighted by Crippen LogP contribution is 2.32. The zero-order chi connectivity index (χ0) is 12.9. The zero-order valence-electron chi connectivity index (χ0n) is 10.7. The molecule has 0 radical (unpaired) electrons. The second-order valence-corrected chi connectivity index (χ2v) is 6.48. The molecule has 0 saturated heterocycles. The molecule has 2 heterocycles. The first-order valence-corrected chi connectivity index (χ1v) is 6.81. The van der Waals surface area contributed by atoms with E-state index >= 15 is 0 Å². The number of nitriles is 1. The minimum Gasteiger partial charge on any atom is -0.333 e. The van der Waals surface area contributed by atoms with E-state index in [-0.39, 0.29) is 5.54 Å². The number of aromatic nitrogens is 1. The Morgan fingerprint density at radius 2 is 2.00 bits per heavy atom. The Morgan fingerprint density at radius 3 is 2.67 bits per heavy atom. The quantitative estimate of drug-likeness (QED) is 0.581. The molecular formula is C15H14N2S. The van der Waals surface area contributed by atoms with E-state index in [4.69, 9.17) is 0 Å². The summed E-state index contributed by atoms with van der Waals surface area (Å²) in [5.74, 6) is 0. The molecule has 18 heavy (non-hydrogen) atoms. The van der Waals surface area contributed by atoms with Gasteiger partial charge in [0.2, 0.25) is 0 Å². The van der Waals surface area contributed by atoms with E-state index in [1.165, 1.54) is 10.1 Å². The van der Waals surface area contributed by atoms with Crippen LogP contribution in [0.25, 0.3) is 20.9 Å². The third-order valence-corrected chi connectivity index (χ3v) is 4.10. The summed E-state index contributed by atoms with van der Waals surface area (Å²) in [4.78, 5) is 0. The topological polar surface area (TPSA) is 28.7 Å². The smallest absolute Gasteiger partial charge is 0.128 e. The van der Waals surface area contributed by atoms with Gasteiger partial charge in [0.15, 0.2) is 0 Å². The summed E-state index contributed by atoms with van der Waals surface area (Å²) in [5.41, 5.74) is 0.685. The first-order chi connectivity index (χ1) is 8.50. The summed E-state index contributed by atoms with van der Waals surface area (Å²) in [6.07, 6.45) is 2.09. The number of benzene rings is 1. The summed E-state index contributed by atoms with van der Waals surface area (Å²) in [5, 5.41) is 15.0. The van der Waals surface area contributed by atoms with Gasteiger partial charge in [-0.2, -0.15) is 5.26 Å². The van der Waals surface area contributed by atoms with Crippen molar-refractivity contribution >= 4 is 32.2 Å². The third kappa shape index (κ3) is 1.53. The lowest BCUT2D eigenvalue weighted by atomic mass is 10.1. The van der Waals surface area contributed by atoms with E-state index < -0.39 is 0 Å². The summed E-state index contributed by atoms with van der Waals surface area (Å²) < 4.78 is 3.31. The van der Waals surface area contributed by atoms with E-state index in [1.54, 1.807) is 11.3 Å². The van der Waals surface area contributed by atoms with E-state index in [0.717, 1.165) is 16.5 Å². The molecule has 2 nitrogen and oxygen atoms in total. The number of nitrogens with zero attached hydrogens (tertiary/aromatic N) is 2. The third-order valence-electron chi connectivity index (χ3n) is 3.22. The highest BCUT2D eigenvalue weighted by molar-refractivity contribution is 7.17. The molecule has 3 aromatic rings. The molecule has 1 aromatic carbocycles. The molecule has 0 aliphatic rings. The fourth-order valence-corrected chi connectivity index (χ4v) is 3.13. The van der Waals surface area contributed by atoms with Crippen molar-refractivity contribution in [3.63, 3.8) is 0 Å². The van der Waals surface area contributed by atoms with Gasteiger partial charge in [-0.05, 0) is 49.7 Å². The normalized spacial score (nSPS) is 12.1. The molecule has 0 spiro atoms. The molecule has 0 amide bonds. The molecular weight excluding hydrogens is 240 g/mol. The molecule has 0 aliphatic carbocycles. The number of thiophene rings is 1. The zero-order valence-corrected chi connectivity index (χ0v) is 11.5. The molecule has 0 fully saturated rings. The van der Waals surface area contributed by atoms with Crippen LogP contribution in [0.1, 0.15) is 26.5 Å². The SMILES string of the molecule is CC(C)(C)n1cc2cc3ccsc3cc2c1C#N. The van der Waals surface area contributed by atoms with Gasteiger partial charge in [0.25, 0.3) is 0 Å². The van der Waals surface area contributed by atoms with Gasteiger partial charge < -0.3 is 4.57 Å². The Balaban J connectivity index is 2.44. The second kappa shape index (κ2) is 3.60. The van der Waals surface area contributed by atoms with E-state index in [1.807, 2.05) is 0 Å². The summed E-state index contributed by atoms with van der Waals surface area (Å²) in [6.45, 7) is 6.36. The molecule has 3 rings (SSSR count). The Kier molecular flexibility index (Phi) is 2.26. The lowest BCUT2D eigenvalue weighted by Crippen LogP contribution is -2.22. The van der Waals surface area contributed by atoms with Crippen LogP contribution in [0.2, 0.25) is 0 Å². The monoisotopic (exact) mass is 254 g/mol. The first kappa shape index (κ1) is 11.3. The largest absolute Gasteiger partial charge is 0.333 e. The van der Waals surface area contributed by atoms with Gasteiger partial charge in [-0.15, -0.1) is 11.3 Å². The van der Waals surface area contributed by atoms with E-state index in [9.17, 15) is 5.26 Å². The van der Waals surface area contributed by atoms with Gasteiger partial charge in [0.05, 0.1) is 0 Å². The fraction of sp³-hybridized carbons (Fsp3) is 0.267. The number of fused-ring (bicyclic) bond motifs is 2. The maximum Gasteiger partial charge on any atom is 0.128 e. The molecule has 0 N–H and O–H groups in total. The Bertz CT molecular complexity index is 778. The van der Waals surface area contributed by atoms with Crippen molar-refractivity contribution in [1.29, 1.82) is 5.26 Å². The van der Waals surface area contributed by atoms with Crippen LogP contribution in [0.3, 0.4) is 0 Å². The van der Waals surface area contributed by atoms with Crippen molar-refractivity contribution in [3.05, 3.63) is 35.5 Å². The van der Waals surface area contributed by atoms with Gasteiger partial charge in [-0.25, -0.2) is 0 Å². The summed E-state index contributed by atoms with van der Waals surface area (Å²) >= 11 is 1.72. The van der Waals surface area contributed by atoms with Crippen LogP contribution in [0, 0.1) is 11.3 Å². The summed E-state index contributed by atoms with van der Waals surface area (Å²) in [6, 6.07) is 8.78. The number of hydrogen-bond acceptors (Lipinski definition) is 2. The van der Waals surface area contributed by atoms with Crippen LogP contribution in [0.5, 0.6) is 0 Å². The molecule has 0 atom stereocenters. The second-order valence-electron chi connectivity index (χ2n) is 5.53. The van der Waals surface area contributed by atoms with Gasteiger partial charge in [-0.3, -0.25) is 0 Å². The summed E-state index contributed by atoms with van der Waals surface area (Å²) in [7, 11) is 0. The van der Waals surface area contributed by atoms with Crippen molar-refractivity contribution in [2.24, 2.45) is 0 Å². The van der Waals surface area contributed by atoms with Gasteiger partial charge in [-0.1, -0.05) is 0 Å². The van der Waals surface area contributed by atoms with Gasteiger partial charge in [0.1, 0.15) is 11.8 Å². The molecule has 3 heteroatoms.